The largest absolute Gasteiger partial charge is 0.497 e. The lowest BCUT2D eigenvalue weighted by Gasteiger charge is -2.37. The summed E-state index contributed by atoms with van der Waals surface area (Å²) in [6.07, 6.45) is 3.18. The first-order chi connectivity index (χ1) is 26.5. The minimum absolute atomic E-state index is 0.00815. The second kappa shape index (κ2) is 17.4. The molecule has 4 aromatic rings. The maximum absolute atomic E-state index is 13.8. The van der Waals surface area contributed by atoms with E-state index in [1.165, 1.54) is 15.3 Å². The van der Waals surface area contributed by atoms with Crippen LogP contribution in [0, 0.1) is 6.92 Å². The van der Waals surface area contributed by atoms with E-state index in [0.29, 0.717) is 34.5 Å². The van der Waals surface area contributed by atoms with Crippen molar-refractivity contribution in [1.82, 2.24) is 14.5 Å². The van der Waals surface area contributed by atoms with Gasteiger partial charge in [0.1, 0.15) is 29.4 Å². The van der Waals surface area contributed by atoms with Crippen LogP contribution in [0.25, 0.3) is 0 Å². The number of amides is 1. The van der Waals surface area contributed by atoms with Gasteiger partial charge in [-0.2, -0.15) is 0 Å². The SMILES string of the molecule is COc1ccc(C(OCC2OC(n3cc(C)c(=O)n(CCCCCNC(=O)C4CCC[N+]4(C)C)c3=O)CC2O)(c2ccccc2)c2ccc(OC)cc2)cc1. The molecule has 2 N–H and O–H groups in total. The van der Waals surface area contributed by atoms with Crippen molar-refractivity contribution >= 4 is 5.91 Å². The van der Waals surface area contributed by atoms with Crippen LogP contribution in [0.3, 0.4) is 0 Å². The van der Waals surface area contributed by atoms with Gasteiger partial charge in [-0.15, -0.1) is 0 Å². The lowest BCUT2D eigenvalue weighted by atomic mass is 9.80. The van der Waals surface area contributed by atoms with Crippen molar-refractivity contribution in [3.8, 4) is 11.5 Å². The summed E-state index contributed by atoms with van der Waals surface area (Å²) in [5.41, 5.74) is 1.01. The van der Waals surface area contributed by atoms with E-state index in [-0.39, 0.29) is 37.1 Å². The van der Waals surface area contributed by atoms with Crippen LogP contribution in [0.1, 0.15) is 67.0 Å². The number of hydrogen-bond acceptors (Lipinski definition) is 8. The topological polar surface area (TPSA) is 130 Å². The lowest BCUT2D eigenvalue weighted by Crippen LogP contribution is -2.52. The van der Waals surface area contributed by atoms with Gasteiger partial charge in [0.15, 0.2) is 6.04 Å². The highest BCUT2D eigenvalue weighted by atomic mass is 16.6. The van der Waals surface area contributed by atoms with Crippen LogP contribution in [0.4, 0.5) is 0 Å². The number of quaternary nitrogens is 1. The van der Waals surface area contributed by atoms with Gasteiger partial charge in [-0.25, -0.2) is 4.79 Å². The summed E-state index contributed by atoms with van der Waals surface area (Å²) >= 11 is 0. The molecule has 12 heteroatoms. The predicted molar refractivity (Wildman–Crippen MR) is 209 cm³/mol. The summed E-state index contributed by atoms with van der Waals surface area (Å²) < 4.78 is 27.7. The number of carbonyl (C=O) groups excluding carboxylic acids is 1. The molecule has 55 heavy (non-hydrogen) atoms. The first kappa shape index (κ1) is 39.9. The van der Waals surface area contributed by atoms with E-state index in [0.717, 1.165) is 48.9 Å². The second-order valence-corrected chi connectivity index (χ2v) is 15.2. The number of benzene rings is 3. The van der Waals surface area contributed by atoms with Crippen molar-refractivity contribution in [1.29, 1.82) is 0 Å². The number of aliphatic hydroxyl groups is 1. The van der Waals surface area contributed by atoms with Crippen LogP contribution >= 0.6 is 0 Å². The Morgan fingerprint density at radius 3 is 2.11 bits per heavy atom. The maximum atomic E-state index is 13.8. The Hall–Kier alpha value is -4.75. The summed E-state index contributed by atoms with van der Waals surface area (Å²) in [5.74, 6) is 1.49. The van der Waals surface area contributed by atoms with E-state index in [4.69, 9.17) is 18.9 Å². The molecule has 3 heterocycles. The number of aryl methyl sites for hydroxylation is 1. The van der Waals surface area contributed by atoms with E-state index >= 15 is 0 Å². The molecule has 4 unspecified atom stereocenters. The van der Waals surface area contributed by atoms with Gasteiger partial charge in [0.25, 0.3) is 11.5 Å². The Labute approximate surface area is 322 Å². The summed E-state index contributed by atoms with van der Waals surface area (Å²) in [7, 11) is 7.43. The molecule has 0 aliphatic carbocycles. The predicted octanol–water partition coefficient (Wildman–Crippen LogP) is 4.52. The van der Waals surface area contributed by atoms with Gasteiger partial charge >= 0.3 is 5.69 Å². The van der Waals surface area contributed by atoms with Gasteiger partial charge < -0.3 is 33.9 Å². The summed E-state index contributed by atoms with van der Waals surface area (Å²) in [4.78, 5) is 39.7. The summed E-state index contributed by atoms with van der Waals surface area (Å²) in [5, 5.41) is 14.4. The third-order valence-electron chi connectivity index (χ3n) is 11.2. The van der Waals surface area contributed by atoms with Crippen LogP contribution in [-0.2, 0) is 26.4 Å². The van der Waals surface area contributed by atoms with Crippen molar-refractivity contribution in [2.45, 2.75) is 82.1 Å². The molecule has 12 nitrogen and oxygen atoms in total. The van der Waals surface area contributed by atoms with E-state index in [9.17, 15) is 19.5 Å². The number of nitrogens with zero attached hydrogens (tertiary/aromatic N) is 3. The number of methoxy groups -OCH3 is 2. The third-order valence-corrected chi connectivity index (χ3v) is 11.2. The molecule has 1 aromatic heterocycles. The van der Waals surface area contributed by atoms with E-state index in [1.807, 2.05) is 78.9 Å². The van der Waals surface area contributed by atoms with Crippen molar-refractivity contribution in [2.24, 2.45) is 0 Å². The van der Waals surface area contributed by atoms with Gasteiger partial charge in [0, 0.05) is 44.1 Å². The van der Waals surface area contributed by atoms with E-state index in [1.54, 1.807) is 21.1 Å². The Kier molecular flexibility index (Phi) is 12.6. The van der Waals surface area contributed by atoms with Gasteiger partial charge in [0.2, 0.25) is 0 Å². The molecular formula is C43H55N4O8+. The van der Waals surface area contributed by atoms with Gasteiger partial charge in [-0.3, -0.25) is 18.7 Å². The van der Waals surface area contributed by atoms with Gasteiger partial charge in [-0.05, 0) is 67.1 Å². The average molecular weight is 756 g/mol. The molecule has 2 saturated heterocycles. The molecule has 2 aliphatic heterocycles. The fourth-order valence-electron chi connectivity index (χ4n) is 8.03. The van der Waals surface area contributed by atoms with Crippen molar-refractivity contribution < 1.29 is 33.3 Å². The number of nitrogens with one attached hydrogen (secondary N) is 1. The first-order valence-corrected chi connectivity index (χ1v) is 19.2. The van der Waals surface area contributed by atoms with Crippen molar-refractivity contribution in [3.63, 3.8) is 0 Å². The molecule has 2 aliphatic rings. The standard InChI is InChI=1S/C43H54N4O8/c1-30-28-46(42(51)45(41(30)50)25-11-7-10-24-44-40(49)36-15-12-26-47(36,2)3)39-27-37(48)38(55-39)29-54-43(31-13-8-6-9-14-31,32-16-20-34(52-4)21-17-32)33-18-22-35(53-5)23-19-33/h6,8-9,13-14,16-23,28,36-39,48H,7,10-12,15,24-27,29H2,1-5H3/p+1. The van der Waals surface area contributed by atoms with Crippen molar-refractivity contribution in [3.05, 3.63) is 128 Å². The van der Waals surface area contributed by atoms with Crippen LogP contribution in [0.2, 0.25) is 0 Å². The monoisotopic (exact) mass is 755 g/mol. The van der Waals surface area contributed by atoms with Crippen LogP contribution in [0.5, 0.6) is 11.5 Å². The Bertz CT molecular complexity index is 1960. The van der Waals surface area contributed by atoms with Crippen LogP contribution in [0.15, 0.2) is 94.6 Å². The van der Waals surface area contributed by atoms with Gasteiger partial charge in [0.05, 0.1) is 47.6 Å². The third kappa shape index (κ3) is 8.57. The Balaban J connectivity index is 1.17. The Morgan fingerprint density at radius 1 is 0.909 bits per heavy atom. The zero-order valence-corrected chi connectivity index (χ0v) is 32.6. The van der Waals surface area contributed by atoms with Gasteiger partial charge in [-0.1, -0.05) is 54.6 Å². The lowest BCUT2D eigenvalue weighted by molar-refractivity contribution is -0.893. The number of likely N-dealkylation sites (tertiary alicyclic amines) is 1. The fourth-order valence-corrected chi connectivity index (χ4v) is 8.03. The highest BCUT2D eigenvalue weighted by Gasteiger charge is 2.43. The molecule has 0 spiro atoms. The molecule has 3 aromatic carbocycles. The number of rotatable bonds is 16. The molecule has 4 atom stereocenters. The molecule has 6 rings (SSSR count). The zero-order valence-electron chi connectivity index (χ0n) is 32.6. The molecule has 0 radical (unpaired) electrons. The van der Waals surface area contributed by atoms with Crippen LogP contribution < -0.4 is 26.0 Å². The highest BCUT2D eigenvalue weighted by molar-refractivity contribution is 5.80. The fraction of sp³-hybridized carbons (Fsp3) is 0.465. The minimum Gasteiger partial charge on any atom is -0.497 e. The number of hydrogen-bond donors (Lipinski definition) is 2. The first-order valence-electron chi connectivity index (χ1n) is 19.2. The number of aromatic nitrogens is 2. The molecular weight excluding hydrogens is 700 g/mol. The van der Waals surface area contributed by atoms with E-state index < -0.39 is 29.7 Å². The number of aliphatic hydroxyl groups excluding tert-OH is 1. The van der Waals surface area contributed by atoms with Crippen LogP contribution in [-0.4, -0.2) is 90.9 Å². The quantitative estimate of drug-likeness (QED) is 0.0971. The normalized spacial score (nSPS) is 20.7. The summed E-state index contributed by atoms with van der Waals surface area (Å²) in [6, 6.07) is 25.2. The number of unbranched alkanes of at least 4 members (excludes halogenated alkanes) is 2. The number of likely N-dealkylation sites (N-methyl/N-ethyl adjacent to an activating group) is 1. The summed E-state index contributed by atoms with van der Waals surface area (Å²) in [6.45, 7) is 3.47. The zero-order chi connectivity index (χ0) is 39.2. The highest BCUT2D eigenvalue weighted by Crippen LogP contribution is 2.42. The molecule has 1 amide bonds. The molecule has 294 valence electrons. The minimum atomic E-state index is -1.11. The molecule has 0 saturated carbocycles. The number of ether oxygens (including phenoxy) is 4. The Morgan fingerprint density at radius 2 is 1.53 bits per heavy atom. The molecule has 0 bridgehead atoms. The smallest absolute Gasteiger partial charge is 0.333 e. The number of carbonyl (C=O) groups is 1. The second-order valence-electron chi connectivity index (χ2n) is 15.2. The van der Waals surface area contributed by atoms with E-state index in [2.05, 4.69) is 19.4 Å². The van der Waals surface area contributed by atoms with Crippen molar-refractivity contribution in [2.75, 3.05) is 48.0 Å². The maximum Gasteiger partial charge on any atom is 0.333 e. The molecule has 2 fully saturated rings. The average Bonchev–Trinajstić information content (AvgIpc) is 3.76.